The van der Waals surface area contributed by atoms with Crippen LogP contribution in [0, 0.1) is 5.92 Å². The van der Waals surface area contributed by atoms with Gasteiger partial charge in [-0.3, -0.25) is 4.79 Å². The van der Waals surface area contributed by atoms with Crippen LogP contribution in [0.5, 0.6) is 5.75 Å². The Morgan fingerprint density at radius 2 is 1.31 bits per heavy atom. The van der Waals surface area contributed by atoms with Crippen LogP contribution in [0.4, 0.5) is 0 Å². The van der Waals surface area contributed by atoms with Gasteiger partial charge in [0.2, 0.25) is 5.91 Å². The molecule has 0 spiro atoms. The van der Waals surface area contributed by atoms with E-state index in [-0.39, 0.29) is 17.2 Å². The Morgan fingerprint density at radius 1 is 0.771 bits per heavy atom. The molecule has 5 rings (SSSR count). The van der Waals surface area contributed by atoms with Crippen molar-refractivity contribution < 1.29 is 14.3 Å². The van der Waals surface area contributed by atoms with Crippen molar-refractivity contribution in [1.29, 1.82) is 0 Å². The summed E-state index contributed by atoms with van der Waals surface area (Å²) in [7, 11) is 0. The average molecular weight is 461 g/mol. The third kappa shape index (κ3) is 4.75. The normalized spacial score (nSPS) is 15.9. The first kappa shape index (κ1) is 22.3. The van der Waals surface area contributed by atoms with Gasteiger partial charge in [0.1, 0.15) is 5.75 Å². The minimum absolute atomic E-state index is 0.109. The van der Waals surface area contributed by atoms with Crippen LogP contribution in [0.15, 0.2) is 120 Å². The number of esters is 1. The van der Waals surface area contributed by atoms with Crippen molar-refractivity contribution in [2.75, 3.05) is 0 Å². The average Bonchev–Trinajstić information content (AvgIpc) is 3.68. The minimum Gasteiger partial charge on any atom is -0.423 e. The highest BCUT2D eigenvalue weighted by atomic mass is 16.5. The van der Waals surface area contributed by atoms with E-state index >= 15 is 0 Å². The summed E-state index contributed by atoms with van der Waals surface area (Å²) in [5, 5.41) is 4.16. The van der Waals surface area contributed by atoms with Crippen molar-refractivity contribution in [3.05, 3.63) is 138 Å². The number of carbonyl (C=O) groups excluding carboxylic acids is 2. The highest BCUT2D eigenvalue weighted by Gasteiger charge is 2.60. The summed E-state index contributed by atoms with van der Waals surface area (Å²) in [6.07, 6.45) is 2.32. The van der Waals surface area contributed by atoms with E-state index in [1.54, 1.807) is 54.7 Å². The second-order valence-electron chi connectivity index (χ2n) is 8.52. The first-order valence-corrected chi connectivity index (χ1v) is 11.5. The fourth-order valence-corrected chi connectivity index (χ4v) is 4.47. The SMILES string of the molecule is O=C(Oc1ccc(/C=N/NC(=O)C2CC2(c2ccccc2)c2ccccc2)cc1)c1ccccc1. The Labute approximate surface area is 204 Å². The van der Waals surface area contributed by atoms with Gasteiger partial charge in [-0.05, 0) is 59.5 Å². The lowest BCUT2D eigenvalue weighted by molar-refractivity contribution is -0.122. The monoisotopic (exact) mass is 460 g/mol. The highest BCUT2D eigenvalue weighted by Crippen LogP contribution is 2.58. The van der Waals surface area contributed by atoms with Gasteiger partial charge in [-0.2, -0.15) is 5.10 Å². The number of hydrogen-bond acceptors (Lipinski definition) is 4. The van der Waals surface area contributed by atoms with E-state index in [1.807, 2.05) is 42.5 Å². The topological polar surface area (TPSA) is 67.8 Å². The molecule has 1 amide bonds. The molecule has 1 fully saturated rings. The van der Waals surface area contributed by atoms with Gasteiger partial charge in [0, 0.05) is 5.41 Å². The van der Waals surface area contributed by atoms with Gasteiger partial charge in [-0.25, -0.2) is 10.2 Å². The summed E-state index contributed by atoms with van der Waals surface area (Å²) in [6, 6.07) is 36.1. The van der Waals surface area contributed by atoms with E-state index in [9.17, 15) is 9.59 Å². The zero-order valence-electron chi connectivity index (χ0n) is 19.0. The summed E-state index contributed by atoms with van der Waals surface area (Å²) < 4.78 is 5.39. The molecule has 172 valence electrons. The zero-order chi connectivity index (χ0) is 24.1. The maximum Gasteiger partial charge on any atom is 0.343 e. The number of carbonyl (C=O) groups is 2. The van der Waals surface area contributed by atoms with E-state index < -0.39 is 5.97 Å². The summed E-state index contributed by atoms with van der Waals surface area (Å²) in [5.74, 6) is -0.274. The zero-order valence-corrected chi connectivity index (χ0v) is 19.0. The largest absolute Gasteiger partial charge is 0.423 e. The number of rotatable bonds is 7. The van der Waals surface area contributed by atoms with Gasteiger partial charge in [0.25, 0.3) is 0 Å². The summed E-state index contributed by atoms with van der Waals surface area (Å²) in [6.45, 7) is 0. The van der Waals surface area contributed by atoms with Gasteiger partial charge >= 0.3 is 5.97 Å². The summed E-state index contributed by atoms with van der Waals surface area (Å²) in [4.78, 5) is 25.2. The Balaban J connectivity index is 1.22. The van der Waals surface area contributed by atoms with Crippen LogP contribution in [-0.4, -0.2) is 18.1 Å². The van der Waals surface area contributed by atoms with Crippen LogP contribution in [0.1, 0.15) is 33.5 Å². The summed E-state index contributed by atoms with van der Waals surface area (Å²) >= 11 is 0. The number of benzene rings is 4. The molecule has 0 aliphatic heterocycles. The number of nitrogens with one attached hydrogen (secondary N) is 1. The van der Waals surface area contributed by atoms with Gasteiger partial charge in [0.15, 0.2) is 0 Å². The van der Waals surface area contributed by atoms with Crippen LogP contribution in [-0.2, 0) is 10.2 Å². The molecule has 0 heterocycles. The molecule has 5 heteroatoms. The second-order valence-corrected chi connectivity index (χ2v) is 8.52. The van der Waals surface area contributed by atoms with Crippen LogP contribution in [0.2, 0.25) is 0 Å². The molecule has 0 aromatic heterocycles. The van der Waals surface area contributed by atoms with Crippen molar-refractivity contribution in [3.63, 3.8) is 0 Å². The van der Waals surface area contributed by atoms with Crippen LogP contribution >= 0.6 is 0 Å². The van der Waals surface area contributed by atoms with Crippen molar-refractivity contribution >= 4 is 18.1 Å². The molecule has 5 nitrogen and oxygen atoms in total. The van der Waals surface area contributed by atoms with Crippen LogP contribution < -0.4 is 10.2 Å². The lowest BCUT2D eigenvalue weighted by atomic mass is 9.85. The molecule has 1 atom stereocenters. The number of hydrogen-bond donors (Lipinski definition) is 1. The Bertz CT molecular complexity index is 1300. The van der Waals surface area contributed by atoms with Crippen molar-refractivity contribution in [2.45, 2.75) is 11.8 Å². The van der Waals surface area contributed by atoms with Crippen molar-refractivity contribution in [2.24, 2.45) is 11.0 Å². The Hall–Kier alpha value is -4.51. The molecule has 1 aliphatic rings. The third-order valence-corrected chi connectivity index (χ3v) is 6.34. The van der Waals surface area contributed by atoms with Crippen molar-refractivity contribution in [3.8, 4) is 5.75 Å². The fraction of sp³-hybridized carbons (Fsp3) is 0.100. The van der Waals surface area contributed by atoms with E-state index in [0.717, 1.165) is 23.1 Å². The maximum absolute atomic E-state index is 13.0. The number of ether oxygens (including phenoxy) is 1. The molecule has 1 unspecified atom stereocenters. The molecule has 4 aromatic carbocycles. The van der Waals surface area contributed by atoms with Crippen molar-refractivity contribution in [1.82, 2.24) is 5.43 Å². The van der Waals surface area contributed by atoms with E-state index in [2.05, 4.69) is 34.8 Å². The molecule has 0 bridgehead atoms. The van der Waals surface area contributed by atoms with Crippen LogP contribution in [0.25, 0.3) is 0 Å². The van der Waals surface area contributed by atoms with E-state index in [4.69, 9.17) is 4.74 Å². The first-order chi connectivity index (χ1) is 17.2. The molecular weight excluding hydrogens is 436 g/mol. The van der Waals surface area contributed by atoms with Crippen LogP contribution in [0.3, 0.4) is 0 Å². The van der Waals surface area contributed by atoms with Gasteiger partial charge in [-0.1, -0.05) is 78.9 Å². The number of amides is 1. The second kappa shape index (κ2) is 9.77. The molecule has 1 saturated carbocycles. The number of hydrazone groups is 1. The predicted octanol–water partition coefficient (Wildman–Crippen LogP) is 5.36. The molecule has 0 saturated heterocycles. The Kier molecular flexibility index (Phi) is 6.22. The fourth-order valence-electron chi connectivity index (χ4n) is 4.47. The molecule has 1 aliphatic carbocycles. The van der Waals surface area contributed by atoms with E-state index in [1.165, 1.54) is 0 Å². The minimum atomic E-state index is -0.413. The summed E-state index contributed by atoms with van der Waals surface area (Å²) in [5.41, 5.74) is 5.91. The van der Waals surface area contributed by atoms with Gasteiger partial charge < -0.3 is 4.74 Å². The Morgan fingerprint density at radius 3 is 1.89 bits per heavy atom. The van der Waals surface area contributed by atoms with Gasteiger partial charge in [-0.15, -0.1) is 0 Å². The molecule has 0 radical (unpaired) electrons. The van der Waals surface area contributed by atoms with Gasteiger partial charge in [0.05, 0.1) is 17.7 Å². The predicted molar refractivity (Wildman–Crippen MR) is 135 cm³/mol. The lowest BCUT2D eigenvalue weighted by Crippen LogP contribution is -2.25. The lowest BCUT2D eigenvalue weighted by Gasteiger charge is -2.18. The third-order valence-electron chi connectivity index (χ3n) is 6.34. The molecular formula is C30H24N2O3. The standard InChI is InChI=1S/C30H24N2O3/c33-28(27-20-30(27,24-12-6-2-7-13-24)25-14-8-3-9-15-25)32-31-21-22-16-18-26(19-17-22)35-29(34)23-10-4-1-5-11-23/h1-19,21,27H,20H2,(H,32,33)/b31-21+. The van der Waals surface area contributed by atoms with E-state index in [0.29, 0.717) is 11.3 Å². The quantitative estimate of drug-likeness (QED) is 0.175. The number of nitrogens with zero attached hydrogens (tertiary/aromatic N) is 1. The molecule has 35 heavy (non-hydrogen) atoms. The maximum atomic E-state index is 13.0. The first-order valence-electron chi connectivity index (χ1n) is 11.5. The highest BCUT2D eigenvalue weighted by molar-refractivity contribution is 5.91. The smallest absolute Gasteiger partial charge is 0.343 e. The molecule has 4 aromatic rings. The molecule has 1 N–H and O–H groups in total.